The van der Waals surface area contributed by atoms with Gasteiger partial charge in [-0.15, -0.1) is 0 Å². The van der Waals surface area contributed by atoms with E-state index in [9.17, 15) is 4.79 Å². The molecule has 0 N–H and O–H groups in total. The zero-order chi connectivity index (χ0) is 41.1. The molecule has 0 spiro atoms. The lowest BCUT2D eigenvalue weighted by Crippen LogP contribution is -2.42. The number of benzene rings is 3. The minimum Gasteiger partial charge on any atom is -0.331 e. The predicted molar refractivity (Wildman–Crippen MR) is 237 cm³/mol. The molecule has 2 aliphatic heterocycles. The lowest BCUT2D eigenvalue weighted by molar-refractivity contribution is -0.105. The predicted octanol–water partition coefficient (Wildman–Crippen LogP) is 12.3. The summed E-state index contributed by atoms with van der Waals surface area (Å²) >= 11 is 0. The number of carbonyl (C=O) groups excluding carboxylic acids is 1. The molecule has 3 aromatic rings. The van der Waals surface area contributed by atoms with Crippen molar-refractivity contribution in [3.63, 3.8) is 0 Å². The molecule has 5 nitrogen and oxygen atoms in total. The molecule has 0 radical (unpaired) electrons. The fourth-order valence-electron chi connectivity index (χ4n) is 9.93. The summed E-state index contributed by atoms with van der Waals surface area (Å²) in [7, 11) is -4.05. The summed E-state index contributed by atoms with van der Waals surface area (Å²) in [6.45, 7) is 23.1. The van der Waals surface area contributed by atoms with Gasteiger partial charge in [0.2, 0.25) is 9.84 Å². The normalized spacial score (nSPS) is 25.6. The van der Waals surface area contributed by atoms with Crippen LogP contribution < -0.4 is 9.80 Å². The first kappa shape index (κ1) is 40.3. The van der Waals surface area contributed by atoms with Gasteiger partial charge >= 0.3 is 0 Å². The number of carbonyl (C=O) groups is 1. The molecular weight excluding hydrogens is 721 g/mol. The summed E-state index contributed by atoms with van der Waals surface area (Å²) in [5, 5.41) is 0. The fraction of sp³-hybridized carbons (Fsp3) is 0.353. The van der Waals surface area contributed by atoms with Crippen LogP contribution in [0.15, 0.2) is 154 Å². The average molecular weight is 779 g/mol. The number of aryl methyl sites for hydroxylation is 1. The fourth-order valence-corrected chi connectivity index (χ4v) is 12.0. The van der Waals surface area contributed by atoms with E-state index in [2.05, 4.69) is 111 Å². The third kappa shape index (κ3) is 6.36. The number of allylic oxidation sites excluding steroid dienone is 9. The van der Waals surface area contributed by atoms with Gasteiger partial charge < -0.3 is 9.80 Å². The second-order valence-electron chi connectivity index (χ2n) is 17.0. The molecular formula is C51H58N2O3S. The number of nitrogens with zero attached hydrogens (tertiary/aromatic N) is 2. The summed E-state index contributed by atoms with van der Waals surface area (Å²) in [4.78, 5) is 17.8. The number of rotatable bonds is 6. The maximum absolute atomic E-state index is 15.0. The van der Waals surface area contributed by atoms with Crippen molar-refractivity contribution < 1.29 is 13.2 Å². The summed E-state index contributed by atoms with van der Waals surface area (Å²) in [6, 6.07) is 22.7. The number of hydrogen-bond donors (Lipinski definition) is 0. The van der Waals surface area contributed by atoms with Crippen molar-refractivity contribution in [2.45, 2.75) is 103 Å². The smallest absolute Gasteiger partial charge is 0.203 e. The van der Waals surface area contributed by atoms with Gasteiger partial charge in [0.25, 0.3) is 0 Å². The van der Waals surface area contributed by atoms with Crippen LogP contribution in [0.3, 0.4) is 0 Å². The van der Waals surface area contributed by atoms with E-state index in [0.29, 0.717) is 29.4 Å². The maximum atomic E-state index is 15.0. The average Bonchev–Trinajstić information content (AvgIpc) is 4.13. The van der Waals surface area contributed by atoms with Gasteiger partial charge in [0, 0.05) is 45.1 Å². The topological polar surface area (TPSA) is 57.7 Å². The van der Waals surface area contributed by atoms with Gasteiger partial charge in [0.1, 0.15) is 6.29 Å². The number of hydrogen-bond acceptors (Lipinski definition) is 5. The molecule has 3 aromatic carbocycles. The molecule has 4 aliphatic carbocycles. The highest BCUT2D eigenvalue weighted by atomic mass is 32.2. The van der Waals surface area contributed by atoms with Crippen molar-refractivity contribution in [2.24, 2.45) is 17.8 Å². The van der Waals surface area contributed by atoms with Gasteiger partial charge in [-0.05, 0) is 117 Å². The van der Waals surface area contributed by atoms with E-state index >= 15 is 8.42 Å². The highest BCUT2D eigenvalue weighted by molar-refractivity contribution is 7.95. The second kappa shape index (κ2) is 14.8. The van der Waals surface area contributed by atoms with Crippen LogP contribution in [0, 0.1) is 24.7 Å². The van der Waals surface area contributed by atoms with Gasteiger partial charge in [0.15, 0.2) is 0 Å². The van der Waals surface area contributed by atoms with E-state index in [-0.39, 0.29) is 33.0 Å². The lowest BCUT2D eigenvalue weighted by atomic mass is 9.70. The van der Waals surface area contributed by atoms with E-state index < -0.39 is 15.4 Å². The minimum absolute atomic E-state index is 0.0990. The van der Waals surface area contributed by atoms with Gasteiger partial charge in [-0.3, -0.25) is 4.79 Å². The monoisotopic (exact) mass is 778 g/mol. The Morgan fingerprint density at radius 2 is 1.56 bits per heavy atom. The molecule has 0 amide bonds. The van der Waals surface area contributed by atoms with Crippen LogP contribution in [0.5, 0.6) is 0 Å². The zero-order valence-corrected chi connectivity index (χ0v) is 36.0. The Bertz CT molecular complexity index is 2430. The van der Waals surface area contributed by atoms with Crippen LogP contribution in [0.4, 0.5) is 17.1 Å². The van der Waals surface area contributed by atoms with E-state index in [4.69, 9.17) is 0 Å². The van der Waals surface area contributed by atoms with Crippen molar-refractivity contribution in [1.29, 1.82) is 0 Å². The van der Waals surface area contributed by atoms with Crippen LogP contribution >= 0.6 is 0 Å². The van der Waals surface area contributed by atoms with Crippen molar-refractivity contribution in [2.75, 3.05) is 9.80 Å². The minimum atomic E-state index is -4.05. The summed E-state index contributed by atoms with van der Waals surface area (Å²) in [5.74, 6) is 0.763. The highest BCUT2D eigenvalue weighted by Gasteiger charge is 2.63. The number of aldehydes is 1. The van der Waals surface area contributed by atoms with E-state index in [1.165, 1.54) is 28.8 Å². The van der Waals surface area contributed by atoms with Crippen molar-refractivity contribution in [3.8, 4) is 0 Å². The Labute approximate surface area is 341 Å². The first-order valence-corrected chi connectivity index (χ1v) is 22.1. The highest BCUT2D eigenvalue weighted by Crippen LogP contribution is 2.63. The standard InChI is InChI=1S/C45H44N2O3S.C4H8.C2H6/c1-7-31-25-43(3,4)34-14-8-11-17-38(34)47(31)45-22-12-13-30(27-48)42(36(45)26-45)51(49,50)40-21-19-32(23-28(40)2)46-37-16-10-9-15-35(37)44(5,6)41-33-24-29(33)18-20-39(41)46;1-3-4-2;1-2/h7-12,14-23,25,27,29,33,36H,1,13,24,26H2,2-6H3;3-4H,1-2H3;1-2H3/b;4-3-;. The number of fused-ring (bicyclic) bond motifs is 5. The van der Waals surface area contributed by atoms with Gasteiger partial charge in [0.05, 0.1) is 21.0 Å². The molecule has 2 fully saturated rings. The van der Waals surface area contributed by atoms with E-state index in [0.717, 1.165) is 29.0 Å². The summed E-state index contributed by atoms with van der Waals surface area (Å²) in [6.07, 6.45) is 19.6. The lowest BCUT2D eigenvalue weighted by Gasteiger charge is -2.44. The third-order valence-corrected chi connectivity index (χ3v) is 14.9. The molecule has 6 aliphatic rings. The Balaban J connectivity index is 0.000000780. The molecule has 2 heterocycles. The molecule has 4 atom stereocenters. The Kier molecular flexibility index (Phi) is 10.4. The van der Waals surface area contributed by atoms with Crippen LogP contribution in [0.1, 0.15) is 91.3 Å². The Morgan fingerprint density at radius 3 is 2.21 bits per heavy atom. The largest absolute Gasteiger partial charge is 0.331 e. The number of sulfone groups is 1. The maximum Gasteiger partial charge on any atom is 0.203 e. The molecule has 2 saturated carbocycles. The summed E-state index contributed by atoms with van der Waals surface area (Å²) in [5.41, 5.74) is 9.24. The van der Waals surface area contributed by atoms with E-state index in [1.54, 1.807) is 6.07 Å². The molecule has 296 valence electrons. The third-order valence-electron chi connectivity index (χ3n) is 12.8. The summed E-state index contributed by atoms with van der Waals surface area (Å²) < 4.78 is 30.0. The molecule has 4 unspecified atom stereocenters. The van der Waals surface area contributed by atoms with Crippen LogP contribution in [0.25, 0.3) is 0 Å². The zero-order valence-electron chi connectivity index (χ0n) is 35.1. The van der Waals surface area contributed by atoms with Crippen molar-refractivity contribution in [3.05, 3.63) is 166 Å². The molecule has 0 bridgehead atoms. The van der Waals surface area contributed by atoms with Crippen LogP contribution in [0.2, 0.25) is 0 Å². The van der Waals surface area contributed by atoms with Crippen molar-refractivity contribution in [1.82, 2.24) is 0 Å². The van der Waals surface area contributed by atoms with Gasteiger partial charge in [-0.25, -0.2) is 8.42 Å². The SMILES string of the molecule is C/C=C\C.C=CC1=CC(C)(C)c2ccccc2N1C12C=CCC(C=O)=C(S(=O)(=O)c3ccc(N4C5=C(C6CC6C=C5)C(C)(C)c5ccccc54)cc3C)C1C2.CC. The molecule has 6 heteroatoms. The second-order valence-corrected chi connectivity index (χ2v) is 18.9. The van der Waals surface area contributed by atoms with Crippen LogP contribution in [-0.2, 0) is 25.5 Å². The first-order chi connectivity index (χ1) is 27.3. The molecule has 0 aromatic heterocycles. The number of para-hydroxylation sites is 2. The van der Waals surface area contributed by atoms with Crippen LogP contribution in [-0.4, -0.2) is 20.2 Å². The van der Waals surface area contributed by atoms with Gasteiger partial charge in [-0.2, -0.15) is 0 Å². The Morgan fingerprint density at radius 1 is 0.895 bits per heavy atom. The quantitative estimate of drug-likeness (QED) is 0.184. The molecule has 9 rings (SSSR count). The molecule has 0 saturated heterocycles. The van der Waals surface area contributed by atoms with Gasteiger partial charge in [-0.1, -0.05) is 121 Å². The number of anilines is 3. The first-order valence-electron chi connectivity index (χ1n) is 20.6. The van der Waals surface area contributed by atoms with E-state index in [1.807, 2.05) is 77.1 Å². The van der Waals surface area contributed by atoms with Crippen molar-refractivity contribution >= 4 is 33.2 Å². The Hall–Kier alpha value is -4.94. The molecule has 57 heavy (non-hydrogen) atoms.